The van der Waals surface area contributed by atoms with Gasteiger partial charge < -0.3 is 9.47 Å². The molecular formula is C31H52O3. The van der Waals surface area contributed by atoms with Gasteiger partial charge in [0.25, 0.3) is 0 Å². The Labute approximate surface area is 209 Å². The van der Waals surface area contributed by atoms with Crippen LogP contribution in [0.1, 0.15) is 133 Å². The van der Waals surface area contributed by atoms with Gasteiger partial charge in [0.05, 0.1) is 11.2 Å². The molecule has 0 radical (unpaired) electrons. The first-order valence-electron chi connectivity index (χ1n) is 14.5. The second-order valence-electron chi connectivity index (χ2n) is 15.6. The number of hydrogen-bond donors (Lipinski definition) is 0. The molecule has 0 N–H and O–H groups in total. The number of carbonyl (C=O) groups is 1. The number of rotatable bonds is 0. The lowest BCUT2D eigenvalue weighted by Crippen LogP contribution is -2.65. The summed E-state index contributed by atoms with van der Waals surface area (Å²) in [4.78, 5) is 12.6. The standard InChI is InChI=1S/C31H52O3/c1-25(2)15-10-16-28(6)23-12-11-22-27(5)17-14-24(32)33-26(3,4)21(27)13-18-29(22,7)34-30(23,8)19-20-31(25,28)9/h21-23H,10-20H2,1-9H3/t21-,22+,23+,27-,28+,29+,30+,31-/m0/s1. The molecule has 0 spiro atoms. The van der Waals surface area contributed by atoms with Gasteiger partial charge in [0.15, 0.2) is 0 Å². The van der Waals surface area contributed by atoms with E-state index < -0.39 is 5.60 Å². The number of cyclic esters (lactones) is 1. The molecule has 5 fully saturated rings. The van der Waals surface area contributed by atoms with Crippen LogP contribution < -0.4 is 0 Å². The molecule has 5 aliphatic rings. The fourth-order valence-corrected chi connectivity index (χ4v) is 11.3. The van der Waals surface area contributed by atoms with Crippen molar-refractivity contribution in [2.75, 3.05) is 0 Å². The molecule has 3 aliphatic carbocycles. The Morgan fingerprint density at radius 2 is 1.32 bits per heavy atom. The zero-order valence-corrected chi connectivity index (χ0v) is 23.7. The van der Waals surface area contributed by atoms with Gasteiger partial charge in [-0.3, -0.25) is 4.79 Å². The SMILES string of the molecule is CC1(C)OC(=O)CC[C@]2(C)[C@H]3CC[C@H]4[C@@](C)(CC[C@@]5(C)C(C)(C)CCC[C@]45C)O[C@]3(C)CC[C@@H]12. The van der Waals surface area contributed by atoms with Gasteiger partial charge in [-0.15, -0.1) is 0 Å². The molecule has 3 nitrogen and oxygen atoms in total. The average molecular weight is 473 g/mol. The van der Waals surface area contributed by atoms with Gasteiger partial charge in [0.1, 0.15) is 5.60 Å². The third-order valence-electron chi connectivity index (χ3n) is 13.4. The molecule has 0 bridgehead atoms. The van der Waals surface area contributed by atoms with E-state index in [-0.39, 0.29) is 22.6 Å². The van der Waals surface area contributed by atoms with Crippen LogP contribution in [-0.2, 0) is 14.3 Å². The van der Waals surface area contributed by atoms with Crippen LogP contribution in [0.4, 0.5) is 0 Å². The van der Waals surface area contributed by atoms with E-state index in [0.29, 0.717) is 40.4 Å². The molecule has 34 heavy (non-hydrogen) atoms. The lowest BCUT2D eigenvalue weighted by Gasteiger charge is -2.68. The Kier molecular flexibility index (Phi) is 5.36. The van der Waals surface area contributed by atoms with Crippen molar-refractivity contribution in [2.45, 2.75) is 150 Å². The van der Waals surface area contributed by atoms with E-state index in [0.717, 1.165) is 19.3 Å². The van der Waals surface area contributed by atoms with Crippen LogP contribution >= 0.6 is 0 Å². The molecule has 0 aromatic rings. The summed E-state index contributed by atoms with van der Waals surface area (Å²) < 4.78 is 13.6. The van der Waals surface area contributed by atoms with Gasteiger partial charge in [-0.25, -0.2) is 0 Å². The van der Waals surface area contributed by atoms with Gasteiger partial charge in [-0.1, -0.05) is 41.0 Å². The first kappa shape index (κ1) is 25.1. The molecule has 3 saturated carbocycles. The quantitative estimate of drug-likeness (QED) is 0.334. The molecule has 0 amide bonds. The molecule has 0 unspecified atom stereocenters. The van der Waals surface area contributed by atoms with Gasteiger partial charge in [0.2, 0.25) is 0 Å². The summed E-state index contributed by atoms with van der Waals surface area (Å²) in [5.74, 6) is 1.46. The second kappa shape index (κ2) is 7.26. The monoisotopic (exact) mass is 472 g/mol. The summed E-state index contributed by atoms with van der Waals surface area (Å²) in [6.45, 7) is 22.1. The number of fused-ring (bicyclic) bond motifs is 6. The van der Waals surface area contributed by atoms with E-state index in [1.807, 2.05) is 0 Å². The summed E-state index contributed by atoms with van der Waals surface area (Å²) in [5, 5.41) is 0. The van der Waals surface area contributed by atoms with Crippen LogP contribution in [0.2, 0.25) is 0 Å². The molecule has 0 aromatic heterocycles. The fraction of sp³-hybridized carbons (Fsp3) is 0.968. The second-order valence-corrected chi connectivity index (χ2v) is 15.6. The Bertz CT molecular complexity index is 861. The van der Waals surface area contributed by atoms with Crippen molar-refractivity contribution in [1.82, 2.24) is 0 Å². The summed E-state index contributed by atoms with van der Waals surface area (Å²) in [6, 6.07) is 0. The van der Waals surface area contributed by atoms with E-state index in [9.17, 15) is 4.79 Å². The molecule has 5 rings (SSSR count). The first-order valence-corrected chi connectivity index (χ1v) is 14.5. The lowest BCUT2D eigenvalue weighted by molar-refractivity contribution is -0.276. The number of hydrogen-bond acceptors (Lipinski definition) is 3. The topological polar surface area (TPSA) is 35.5 Å². The summed E-state index contributed by atoms with van der Waals surface area (Å²) in [7, 11) is 0. The van der Waals surface area contributed by atoms with Crippen LogP contribution in [0, 0.1) is 39.4 Å². The maximum absolute atomic E-state index is 12.6. The summed E-state index contributed by atoms with van der Waals surface area (Å²) in [6.07, 6.45) is 12.6. The minimum atomic E-state index is -0.398. The van der Waals surface area contributed by atoms with Crippen LogP contribution in [0.15, 0.2) is 0 Å². The van der Waals surface area contributed by atoms with E-state index in [2.05, 4.69) is 62.3 Å². The largest absolute Gasteiger partial charge is 0.459 e. The molecule has 2 aliphatic heterocycles. The molecular weight excluding hydrogens is 420 g/mol. The summed E-state index contributed by atoms with van der Waals surface area (Å²) in [5.41, 5.74) is 0.553. The van der Waals surface area contributed by atoms with Crippen LogP contribution in [-0.4, -0.2) is 22.8 Å². The van der Waals surface area contributed by atoms with Gasteiger partial charge in [0, 0.05) is 12.3 Å². The van der Waals surface area contributed by atoms with E-state index in [1.54, 1.807) is 0 Å². The average Bonchev–Trinajstić information content (AvgIpc) is 2.88. The molecule has 2 heterocycles. The third kappa shape index (κ3) is 3.13. The molecule has 2 saturated heterocycles. The van der Waals surface area contributed by atoms with Crippen molar-refractivity contribution in [2.24, 2.45) is 39.4 Å². The zero-order valence-electron chi connectivity index (χ0n) is 23.7. The Morgan fingerprint density at radius 1 is 0.676 bits per heavy atom. The fourth-order valence-electron chi connectivity index (χ4n) is 11.3. The smallest absolute Gasteiger partial charge is 0.306 e. The van der Waals surface area contributed by atoms with Crippen molar-refractivity contribution in [3.8, 4) is 0 Å². The van der Waals surface area contributed by atoms with Crippen molar-refractivity contribution in [3.63, 3.8) is 0 Å². The highest BCUT2D eigenvalue weighted by Crippen LogP contribution is 2.73. The normalized spacial score (nSPS) is 54.3. The lowest BCUT2D eigenvalue weighted by atomic mass is 9.38. The first-order chi connectivity index (χ1) is 15.5. The molecule has 8 atom stereocenters. The zero-order chi connectivity index (χ0) is 25.0. The molecule has 0 aromatic carbocycles. The minimum Gasteiger partial charge on any atom is -0.459 e. The predicted molar refractivity (Wildman–Crippen MR) is 137 cm³/mol. The number of esters is 1. The van der Waals surface area contributed by atoms with Gasteiger partial charge in [-0.2, -0.15) is 0 Å². The van der Waals surface area contributed by atoms with Gasteiger partial charge in [-0.05, 0) is 119 Å². The third-order valence-corrected chi connectivity index (χ3v) is 13.4. The molecule has 194 valence electrons. The number of ether oxygens (including phenoxy) is 2. The Balaban J connectivity index is 1.56. The maximum Gasteiger partial charge on any atom is 0.306 e. The minimum absolute atomic E-state index is 0.00906. The summed E-state index contributed by atoms with van der Waals surface area (Å²) >= 11 is 0. The van der Waals surface area contributed by atoms with E-state index in [4.69, 9.17) is 9.47 Å². The van der Waals surface area contributed by atoms with E-state index >= 15 is 0 Å². The maximum atomic E-state index is 12.6. The van der Waals surface area contributed by atoms with Crippen molar-refractivity contribution in [1.29, 1.82) is 0 Å². The van der Waals surface area contributed by atoms with E-state index in [1.165, 1.54) is 44.9 Å². The van der Waals surface area contributed by atoms with Crippen molar-refractivity contribution >= 4 is 5.97 Å². The van der Waals surface area contributed by atoms with Crippen LogP contribution in [0.3, 0.4) is 0 Å². The highest BCUT2D eigenvalue weighted by molar-refractivity contribution is 5.70. The van der Waals surface area contributed by atoms with Crippen molar-refractivity contribution < 1.29 is 14.3 Å². The van der Waals surface area contributed by atoms with Crippen molar-refractivity contribution in [3.05, 3.63) is 0 Å². The number of carbonyl (C=O) groups excluding carboxylic acids is 1. The highest BCUT2D eigenvalue weighted by atomic mass is 16.6. The predicted octanol–water partition coefficient (Wildman–Crippen LogP) is 8.10. The Hall–Kier alpha value is -0.570. The van der Waals surface area contributed by atoms with Gasteiger partial charge >= 0.3 is 5.97 Å². The van der Waals surface area contributed by atoms with Crippen LogP contribution in [0.5, 0.6) is 0 Å². The molecule has 3 heteroatoms. The Morgan fingerprint density at radius 3 is 2.03 bits per heavy atom. The highest BCUT2D eigenvalue weighted by Gasteiger charge is 2.69. The van der Waals surface area contributed by atoms with Crippen LogP contribution in [0.25, 0.3) is 0 Å².